The molecule has 0 aliphatic carbocycles. The number of carbonyl (C=O) groups is 1. The van der Waals surface area contributed by atoms with Gasteiger partial charge in [0.2, 0.25) is 5.95 Å². The summed E-state index contributed by atoms with van der Waals surface area (Å²) in [6.07, 6.45) is 1.49. The van der Waals surface area contributed by atoms with E-state index in [1.165, 1.54) is 6.20 Å². The second kappa shape index (κ2) is 5.66. The number of carboxylic acids is 1. The molecule has 6 N–H and O–H groups in total. The molecule has 20 heavy (non-hydrogen) atoms. The number of nitrogens with one attached hydrogen (secondary N) is 1. The quantitative estimate of drug-likeness (QED) is 0.590. The number of nitrogen functional groups attached to an aromatic ring is 1. The van der Waals surface area contributed by atoms with Crippen molar-refractivity contribution in [3.63, 3.8) is 0 Å². The van der Waals surface area contributed by atoms with Gasteiger partial charge in [-0.05, 0) is 24.3 Å². The van der Waals surface area contributed by atoms with Crippen LogP contribution in [-0.2, 0) is 4.79 Å². The molecule has 102 valence electrons. The first-order valence-corrected chi connectivity index (χ1v) is 6.28. The maximum absolute atomic E-state index is 11.0. The number of carboxylic acid groups (broad SMARTS) is 1. The highest BCUT2D eigenvalue weighted by Crippen LogP contribution is 2.24. The molecule has 0 unspecified atom stereocenters. The predicted molar refractivity (Wildman–Crippen MR) is 77.5 cm³/mol. The van der Waals surface area contributed by atoms with Crippen molar-refractivity contribution in [2.75, 3.05) is 11.1 Å². The summed E-state index contributed by atoms with van der Waals surface area (Å²) < 4.78 is 0.768. The first kappa shape index (κ1) is 13.9. The third-order valence-corrected chi connectivity index (χ3v) is 2.93. The third-order valence-electron chi connectivity index (χ3n) is 2.44. The van der Waals surface area contributed by atoms with Gasteiger partial charge in [0.1, 0.15) is 5.82 Å². The molecule has 0 aliphatic rings. The molecule has 0 amide bonds. The summed E-state index contributed by atoms with van der Waals surface area (Å²) in [4.78, 5) is 18.8. The smallest absolute Gasteiger partial charge is 0.401 e. The van der Waals surface area contributed by atoms with Gasteiger partial charge in [-0.25, -0.2) is 15.2 Å². The number of halogens is 1. The summed E-state index contributed by atoms with van der Waals surface area (Å²) in [7, 11) is 0. The van der Waals surface area contributed by atoms with Crippen molar-refractivity contribution in [3.05, 3.63) is 40.5 Å². The number of benzene rings is 1. The van der Waals surface area contributed by atoms with Crippen molar-refractivity contribution in [2.24, 2.45) is 0 Å². The van der Waals surface area contributed by atoms with E-state index in [0.717, 1.165) is 4.47 Å². The maximum Gasteiger partial charge on any atom is 0.401 e. The molecule has 0 fully saturated rings. The minimum Gasteiger partial charge on any atom is -0.473 e. The van der Waals surface area contributed by atoms with Crippen LogP contribution in [0.25, 0.3) is 0 Å². The fraction of sp³-hybridized carbons (Fsp3) is 0. The Kier molecular flexibility index (Phi) is 3.94. The van der Waals surface area contributed by atoms with E-state index in [1.54, 1.807) is 24.3 Å². The Morgan fingerprint density at radius 3 is 2.80 bits per heavy atom. The van der Waals surface area contributed by atoms with Gasteiger partial charge in [0.15, 0.2) is 0 Å². The van der Waals surface area contributed by atoms with Crippen LogP contribution in [0.15, 0.2) is 34.9 Å². The van der Waals surface area contributed by atoms with E-state index in [-0.39, 0.29) is 11.7 Å². The Morgan fingerprint density at radius 2 is 2.15 bits per heavy atom. The van der Waals surface area contributed by atoms with Gasteiger partial charge in [-0.1, -0.05) is 15.9 Å². The standard InChI is InChI=1S/C12H10BrN5O2/c13-6-1-2-7(10(14)11(19)20)8(5-6)17-9-3-4-16-12(15)18-9/h1-5,14H,(H,19,20)(H3,15,16,17,18)/p+1. The Hall–Kier alpha value is -2.48. The number of hydrogen-bond donors (Lipinski definition) is 4. The Bertz CT molecular complexity index is 689. The van der Waals surface area contributed by atoms with E-state index in [1.807, 2.05) is 0 Å². The molecule has 0 radical (unpaired) electrons. The highest BCUT2D eigenvalue weighted by atomic mass is 79.9. The number of nitrogens with two attached hydrogens (primary N) is 2. The van der Waals surface area contributed by atoms with E-state index in [2.05, 4.69) is 31.2 Å². The number of rotatable bonds is 4. The molecular formula is C12H11BrN5O2+. The number of aliphatic carboxylic acids is 1. The van der Waals surface area contributed by atoms with E-state index in [4.69, 9.17) is 16.2 Å². The van der Waals surface area contributed by atoms with Crippen LogP contribution in [0.3, 0.4) is 0 Å². The van der Waals surface area contributed by atoms with Crippen LogP contribution >= 0.6 is 15.9 Å². The summed E-state index contributed by atoms with van der Waals surface area (Å²) >= 11 is 3.32. The van der Waals surface area contributed by atoms with Crippen molar-refractivity contribution in [3.8, 4) is 0 Å². The number of hydrogen-bond acceptors (Lipinski definition) is 5. The monoisotopic (exact) mass is 336 g/mol. The van der Waals surface area contributed by atoms with Crippen molar-refractivity contribution in [1.29, 1.82) is 0 Å². The largest absolute Gasteiger partial charge is 0.473 e. The molecule has 7 nitrogen and oxygen atoms in total. The van der Waals surface area contributed by atoms with Crippen LogP contribution in [0.5, 0.6) is 0 Å². The summed E-state index contributed by atoms with van der Waals surface area (Å²) in [5.74, 6) is -0.644. The first-order valence-electron chi connectivity index (χ1n) is 5.48. The van der Waals surface area contributed by atoms with Gasteiger partial charge in [-0.15, -0.1) is 0 Å². The molecule has 8 heteroatoms. The van der Waals surface area contributed by atoms with Gasteiger partial charge in [0, 0.05) is 10.7 Å². The van der Waals surface area contributed by atoms with Crippen molar-refractivity contribution < 1.29 is 15.3 Å². The summed E-state index contributed by atoms with van der Waals surface area (Å²) in [5.41, 5.74) is 6.09. The van der Waals surface area contributed by atoms with E-state index >= 15 is 0 Å². The summed E-state index contributed by atoms with van der Waals surface area (Å²) in [6.45, 7) is 0. The van der Waals surface area contributed by atoms with Crippen LogP contribution in [0, 0.1) is 0 Å². The van der Waals surface area contributed by atoms with Crippen LogP contribution in [0.2, 0.25) is 0 Å². The minimum absolute atomic E-state index is 0.113. The zero-order valence-corrected chi connectivity index (χ0v) is 11.8. The average molecular weight is 337 g/mol. The molecule has 2 rings (SSSR count). The van der Waals surface area contributed by atoms with Gasteiger partial charge in [0.05, 0.1) is 11.3 Å². The van der Waals surface area contributed by atoms with Crippen LogP contribution in [0.1, 0.15) is 5.56 Å². The first-order chi connectivity index (χ1) is 9.47. The lowest BCUT2D eigenvalue weighted by Crippen LogP contribution is -2.45. The minimum atomic E-state index is -1.20. The molecule has 0 aliphatic heterocycles. The van der Waals surface area contributed by atoms with Gasteiger partial charge in [-0.3, -0.25) is 0 Å². The van der Waals surface area contributed by atoms with Crippen LogP contribution in [-0.4, -0.2) is 26.8 Å². The lowest BCUT2D eigenvalue weighted by Gasteiger charge is -2.09. The number of aromatic nitrogens is 2. The Morgan fingerprint density at radius 1 is 1.40 bits per heavy atom. The molecule has 1 aromatic carbocycles. The Balaban J connectivity index is 2.42. The fourth-order valence-corrected chi connectivity index (χ4v) is 1.91. The zero-order chi connectivity index (χ0) is 14.7. The SMILES string of the molecule is Nc1nccc(Nc2cc(Br)ccc2C(=[NH2+])C(=O)O)n1. The number of anilines is 3. The predicted octanol–water partition coefficient (Wildman–Crippen LogP) is 0.198. The van der Waals surface area contributed by atoms with Crippen molar-refractivity contribution in [1.82, 2.24) is 9.97 Å². The van der Waals surface area contributed by atoms with Gasteiger partial charge < -0.3 is 16.2 Å². The lowest BCUT2D eigenvalue weighted by molar-refractivity contribution is -0.147. The molecule has 0 bridgehead atoms. The molecule has 2 aromatic rings. The molecule has 1 aromatic heterocycles. The number of nitrogens with zero attached hydrogens (tertiary/aromatic N) is 2. The maximum atomic E-state index is 11.0. The zero-order valence-electron chi connectivity index (χ0n) is 10.2. The Labute approximate surface area is 122 Å². The average Bonchev–Trinajstić information content (AvgIpc) is 2.38. The highest BCUT2D eigenvalue weighted by Gasteiger charge is 2.20. The lowest BCUT2D eigenvalue weighted by atomic mass is 10.1. The van der Waals surface area contributed by atoms with Gasteiger partial charge in [-0.2, -0.15) is 4.98 Å². The molecule has 0 saturated heterocycles. The molecule has 0 saturated carbocycles. The van der Waals surface area contributed by atoms with Crippen molar-refractivity contribution in [2.45, 2.75) is 0 Å². The molecule has 0 atom stereocenters. The normalized spacial score (nSPS) is 10.1. The van der Waals surface area contributed by atoms with Crippen molar-refractivity contribution >= 4 is 45.1 Å². The second-order valence-corrected chi connectivity index (χ2v) is 4.75. The van der Waals surface area contributed by atoms with E-state index < -0.39 is 5.97 Å². The summed E-state index contributed by atoms with van der Waals surface area (Å²) in [5, 5.41) is 17.5. The van der Waals surface area contributed by atoms with E-state index in [0.29, 0.717) is 17.1 Å². The van der Waals surface area contributed by atoms with Crippen LogP contribution < -0.4 is 16.5 Å². The fourth-order valence-electron chi connectivity index (χ4n) is 1.55. The van der Waals surface area contributed by atoms with Crippen LogP contribution in [0.4, 0.5) is 17.5 Å². The molecule has 1 heterocycles. The highest BCUT2D eigenvalue weighted by molar-refractivity contribution is 9.10. The second-order valence-electron chi connectivity index (χ2n) is 3.83. The third kappa shape index (κ3) is 3.09. The van der Waals surface area contributed by atoms with Gasteiger partial charge >= 0.3 is 5.97 Å². The topological polar surface area (TPSA) is 127 Å². The van der Waals surface area contributed by atoms with E-state index in [9.17, 15) is 4.79 Å². The molecule has 0 spiro atoms. The molecular weight excluding hydrogens is 326 g/mol. The van der Waals surface area contributed by atoms with Gasteiger partial charge in [0.25, 0.3) is 5.71 Å². The summed E-state index contributed by atoms with van der Waals surface area (Å²) in [6, 6.07) is 6.60.